The topological polar surface area (TPSA) is 18.5 Å². The number of rotatable bonds is 2. The number of aryl methyl sites for hydroxylation is 4. The first-order valence-electron chi connectivity index (χ1n) is 9.95. The molecule has 0 aromatic heterocycles. The lowest BCUT2D eigenvalue weighted by molar-refractivity contribution is 0.413. The van der Waals surface area contributed by atoms with E-state index in [0.29, 0.717) is 0 Å². The van der Waals surface area contributed by atoms with Gasteiger partial charge in [-0.25, -0.2) is 0 Å². The summed E-state index contributed by atoms with van der Waals surface area (Å²) in [6.45, 7) is 0. The Kier molecular flexibility index (Phi) is 4.20. The summed E-state index contributed by atoms with van der Waals surface area (Å²) in [4.78, 5) is 0. The van der Waals surface area contributed by atoms with Gasteiger partial charge in [0.05, 0.1) is 14.2 Å². The third kappa shape index (κ3) is 2.63. The summed E-state index contributed by atoms with van der Waals surface area (Å²) in [6, 6.07) is 22.0. The Bertz CT molecular complexity index is 1090. The average molecular weight is 368 g/mol. The molecular formula is C26H24O2. The van der Waals surface area contributed by atoms with Gasteiger partial charge in [-0.1, -0.05) is 60.7 Å². The van der Waals surface area contributed by atoms with Crippen molar-refractivity contribution in [2.45, 2.75) is 25.7 Å². The molecule has 0 aliphatic heterocycles. The molecule has 0 amide bonds. The van der Waals surface area contributed by atoms with Crippen LogP contribution in [0, 0.1) is 0 Å². The van der Waals surface area contributed by atoms with Gasteiger partial charge >= 0.3 is 0 Å². The number of ether oxygens (including phenoxy) is 2. The first-order valence-corrected chi connectivity index (χ1v) is 9.95. The molecule has 1 aliphatic carbocycles. The van der Waals surface area contributed by atoms with E-state index in [1.165, 1.54) is 43.8 Å². The number of hydrogen-bond donors (Lipinski definition) is 0. The van der Waals surface area contributed by atoms with Crippen LogP contribution in [0.3, 0.4) is 0 Å². The predicted molar refractivity (Wildman–Crippen MR) is 116 cm³/mol. The third-order valence-electron chi connectivity index (χ3n) is 6.05. The fourth-order valence-electron chi connectivity index (χ4n) is 4.78. The third-order valence-corrected chi connectivity index (χ3v) is 6.05. The predicted octanol–water partition coefficient (Wildman–Crippen LogP) is 5.89. The highest BCUT2D eigenvalue weighted by Crippen LogP contribution is 2.38. The lowest BCUT2D eigenvalue weighted by Crippen LogP contribution is -2.05. The maximum atomic E-state index is 5.87. The Labute approximate surface area is 165 Å². The lowest BCUT2D eigenvalue weighted by Gasteiger charge is -2.20. The summed E-state index contributed by atoms with van der Waals surface area (Å²) in [5.41, 5.74) is 5.40. The monoisotopic (exact) mass is 368 g/mol. The second-order valence-corrected chi connectivity index (χ2v) is 7.55. The van der Waals surface area contributed by atoms with E-state index in [0.717, 1.165) is 37.2 Å². The molecule has 4 aromatic rings. The van der Waals surface area contributed by atoms with Crippen molar-refractivity contribution >= 4 is 21.5 Å². The molecule has 5 rings (SSSR count). The average Bonchev–Trinajstić information content (AvgIpc) is 2.75. The molecular weight excluding hydrogens is 344 g/mol. The highest BCUT2D eigenvalue weighted by molar-refractivity contribution is 5.94. The first kappa shape index (κ1) is 17.1. The van der Waals surface area contributed by atoms with Gasteiger partial charge in [0.2, 0.25) is 0 Å². The van der Waals surface area contributed by atoms with Crippen molar-refractivity contribution in [2.24, 2.45) is 0 Å². The van der Waals surface area contributed by atoms with Crippen LogP contribution in [0.2, 0.25) is 0 Å². The van der Waals surface area contributed by atoms with Gasteiger partial charge in [0.25, 0.3) is 0 Å². The number of fused-ring (bicyclic) bond motifs is 8. The number of hydrogen-bond acceptors (Lipinski definition) is 2. The summed E-state index contributed by atoms with van der Waals surface area (Å²) >= 11 is 0. The Morgan fingerprint density at radius 2 is 0.857 bits per heavy atom. The van der Waals surface area contributed by atoms with E-state index in [1.54, 1.807) is 14.2 Å². The van der Waals surface area contributed by atoms with E-state index in [2.05, 4.69) is 60.7 Å². The maximum Gasteiger partial charge on any atom is 0.129 e. The van der Waals surface area contributed by atoms with Crippen LogP contribution in [0.5, 0.6) is 11.5 Å². The Balaban J connectivity index is 1.74. The molecule has 0 fully saturated rings. The number of benzene rings is 4. The standard InChI is InChI=1S/C26H24O2/c1-27-25-19-13-11-18-16-20(26(28-2)24-10-6-4-8-22(18)24)14-12-17(15-19)21-7-3-5-9-23(21)25/h3-10,15-16H,11-14H2,1-2H3. The Hall–Kier alpha value is -3.00. The zero-order valence-corrected chi connectivity index (χ0v) is 16.4. The van der Waals surface area contributed by atoms with Crippen molar-refractivity contribution < 1.29 is 9.47 Å². The van der Waals surface area contributed by atoms with Gasteiger partial charge in [0, 0.05) is 10.8 Å². The maximum absolute atomic E-state index is 5.87. The summed E-state index contributed by atoms with van der Waals surface area (Å²) in [7, 11) is 3.58. The second kappa shape index (κ2) is 6.87. The van der Waals surface area contributed by atoms with Crippen LogP contribution in [0.4, 0.5) is 0 Å². The van der Waals surface area contributed by atoms with Crippen molar-refractivity contribution in [3.63, 3.8) is 0 Å². The molecule has 4 bridgehead atoms. The van der Waals surface area contributed by atoms with Gasteiger partial charge in [-0.2, -0.15) is 0 Å². The Morgan fingerprint density at radius 1 is 0.500 bits per heavy atom. The van der Waals surface area contributed by atoms with Crippen LogP contribution in [0.15, 0.2) is 60.7 Å². The quantitative estimate of drug-likeness (QED) is 0.439. The van der Waals surface area contributed by atoms with E-state index in [9.17, 15) is 0 Å². The normalized spacial score (nSPS) is 13.5. The molecule has 28 heavy (non-hydrogen) atoms. The molecule has 0 saturated carbocycles. The SMILES string of the molecule is COc1c2cc(c3ccccc13)CCc1cc(c3ccccc3c1OC)CC2. The molecule has 140 valence electrons. The summed E-state index contributed by atoms with van der Waals surface area (Å²) < 4.78 is 11.7. The second-order valence-electron chi connectivity index (χ2n) is 7.55. The molecule has 0 spiro atoms. The molecule has 2 heteroatoms. The fourth-order valence-corrected chi connectivity index (χ4v) is 4.78. The van der Waals surface area contributed by atoms with E-state index in [1.807, 2.05) is 0 Å². The summed E-state index contributed by atoms with van der Waals surface area (Å²) in [5, 5.41) is 5.03. The van der Waals surface area contributed by atoms with E-state index in [4.69, 9.17) is 9.47 Å². The minimum absolute atomic E-state index is 0.969. The largest absolute Gasteiger partial charge is 0.496 e. The summed E-state index contributed by atoms with van der Waals surface area (Å²) in [5.74, 6) is 2.05. The lowest BCUT2D eigenvalue weighted by atomic mass is 9.88. The van der Waals surface area contributed by atoms with Crippen molar-refractivity contribution in [1.82, 2.24) is 0 Å². The zero-order valence-electron chi connectivity index (χ0n) is 16.4. The Morgan fingerprint density at radius 3 is 1.25 bits per heavy atom. The molecule has 0 saturated heterocycles. The highest BCUT2D eigenvalue weighted by Gasteiger charge is 2.18. The molecule has 1 aliphatic rings. The van der Waals surface area contributed by atoms with Crippen LogP contribution in [0.25, 0.3) is 21.5 Å². The zero-order chi connectivity index (χ0) is 19.1. The molecule has 0 radical (unpaired) electrons. The minimum Gasteiger partial charge on any atom is -0.496 e. The van der Waals surface area contributed by atoms with Crippen LogP contribution in [-0.4, -0.2) is 14.2 Å². The van der Waals surface area contributed by atoms with Crippen molar-refractivity contribution in [1.29, 1.82) is 0 Å². The van der Waals surface area contributed by atoms with Gasteiger partial charge in [-0.3, -0.25) is 0 Å². The van der Waals surface area contributed by atoms with Gasteiger partial charge < -0.3 is 9.47 Å². The fraction of sp³-hybridized carbons (Fsp3) is 0.231. The van der Waals surface area contributed by atoms with Crippen molar-refractivity contribution in [2.75, 3.05) is 14.2 Å². The van der Waals surface area contributed by atoms with Crippen molar-refractivity contribution in [3.05, 3.63) is 82.9 Å². The van der Waals surface area contributed by atoms with Gasteiger partial charge in [0.1, 0.15) is 11.5 Å². The van der Waals surface area contributed by atoms with Crippen LogP contribution >= 0.6 is 0 Å². The van der Waals surface area contributed by atoms with Crippen molar-refractivity contribution in [3.8, 4) is 11.5 Å². The van der Waals surface area contributed by atoms with E-state index < -0.39 is 0 Å². The van der Waals surface area contributed by atoms with E-state index >= 15 is 0 Å². The van der Waals surface area contributed by atoms with Gasteiger partial charge in [-0.15, -0.1) is 0 Å². The van der Waals surface area contributed by atoms with Crippen LogP contribution in [-0.2, 0) is 25.7 Å². The van der Waals surface area contributed by atoms with Gasteiger partial charge in [-0.05, 0) is 58.7 Å². The summed E-state index contributed by atoms with van der Waals surface area (Å²) in [6.07, 6.45) is 3.92. The molecule has 0 unspecified atom stereocenters. The first-order chi connectivity index (χ1) is 13.8. The van der Waals surface area contributed by atoms with Crippen LogP contribution in [0.1, 0.15) is 22.3 Å². The molecule has 0 N–H and O–H groups in total. The molecule has 4 aromatic carbocycles. The molecule has 2 nitrogen and oxygen atoms in total. The molecule has 0 atom stereocenters. The highest BCUT2D eigenvalue weighted by atomic mass is 16.5. The van der Waals surface area contributed by atoms with E-state index in [-0.39, 0.29) is 0 Å². The molecule has 0 heterocycles. The smallest absolute Gasteiger partial charge is 0.129 e. The number of methoxy groups -OCH3 is 2. The van der Waals surface area contributed by atoms with Gasteiger partial charge in [0.15, 0.2) is 0 Å². The van der Waals surface area contributed by atoms with Crippen LogP contribution < -0.4 is 9.47 Å². The minimum atomic E-state index is 0.969.